The molecule has 1 aromatic rings. The number of hydrogen-bond acceptors (Lipinski definition) is 5. The van der Waals surface area contributed by atoms with Crippen LogP contribution in [0, 0.1) is 10.1 Å². The largest absolute Gasteiger partial charge is 0.380 e. The molecule has 1 heterocycles. The second kappa shape index (κ2) is 5.55. The minimum absolute atomic E-state index is 0.0173. The van der Waals surface area contributed by atoms with Crippen molar-refractivity contribution in [2.24, 2.45) is 0 Å². The van der Waals surface area contributed by atoms with Gasteiger partial charge >= 0.3 is 5.69 Å². The van der Waals surface area contributed by atoms with Gasteiger partial charge in [0.05, 0.1) is 11.0 Å². The van der Waals surface area contributed by atoms with Crippen molar-refractivity contribution < 1.29 is 9.72 Å². The van der Waals surface area contributed by atoms with Gasteiger partial charge in [0.1, 0.15) is 11.4 Å². The number of para-hydroxylation sites is 1. The first-order chi connectivity index (χ1) is 9.11. The summed E-state index contributed by atoms with van der Waals surface area (Å²) in [5.41, 5.74) is 0.934. The van der Waals surface area contributed by atoms with Gasteiger partial charge < -0.3 is 16.0 Å². The molecule has 7 heteroatoms. The average molecular weight is 264 g/mol. The van der Waals surface area contributed by atoms with Gasteiger partial charge in [-0.1, -0.05) is 6.07 Å². The van der Waals surface area contributed by atoms with Crippen molar-refractivity contribution in [3.05, 3.63) is 28.3 Å². The van der Waals surface area contributed by atoms with Crippen LogP contribution in [0.1, 0.15) is 13.3 Å². The van der Waals surface area contributed by atoms with Gasteiger partial charge in [-0.3, -0.25) is 14.9 Å². The number of amides is 1. The molecule has 102 valence electrons. The molecule has 7 nitrogen and oxygen atoms in total. The van der Waals surface area contributed by atoms with Crippen molar-refractivity contribution in [1.82, 2.24) is 5.32 Å². The van der Waals surface area contributed by atoms with Crippen molar-refractivity contribution in [2.45, 2.75) is 19.4 Å². The maximum absolute atomic E-state index is 11.2. The van der Waals surface area contributed by atoms with Crippen molar-refractivity contribution in [1.29, 1.82) is 0 Å². The van der Waals surface area contributed by atoms with Gasteiger partial charge in [0.2, 0.25) is 5.91 Å². The summed E-state index contributed by atoms with van der Waals surface area (Å²) >= 11 is 0. The molecule has 0 aliphatic carbocycles. The Hall–Kier alpha value is -2.31. The Kier molecular flexibility index (Phi) is 3.84. The zero-order valence-electron chi connectivity index (χ0n) is 10.6. The molecule has 1 unspecified atom stereocenters. The Balaban J connectivity index is 2.26. The monoisotopic (exact) mass is 264 g/mol. The molecule has 1 fully saturated rings. The van der Waals surface area contributed by atoms with Gasteiger partial charge in [-0.2, -0.15) is 0 Å². The third-order valence-corrected chi connectivity index (χ3v) is 2.92. The molecule has 0 radical (unpaired) electrons. The van der Waals surface area contributed by atoms with Crippen molar-refractivity contribution in [3.8, 4) is 0 Å². The van der Waals surface area contributed by atoms with Crippen LogP contribution in [0.4, 0.5) is 17.1 Å². The van der Waals surface area contributed by atoms with Crippen LogP contribution in [0.15, 0.2) is 18.2 Å². The van der Waals surface area contributed by atoms with Crippen LogP contribution in [0.3, 0.4) is 0 Å². The van der Waals surface area contributed by atoms with E-state index in [1.807, 2.05) is 6.92 Å². The molecule has 0 aromatic heterocycles. The summed E-state index contributed by atoms with van der Waals surface area (Å²) < 4.78 is 0. The van der Waals surface area contributed by atoms with E-state index in [0.29, 0.717) is 30.9 Å². The fraction of sp³-hybridized carbons (Fsp3) is 0.417. The van der Waals surface area contributed by atoms with Crippen LogP contribution in [0.25, 0.3) is 0 Å². The topological polar surface area (TPSA) is 96.3 Å². The first-order valence-electron chi connectivity index (χ1n) is 6.16. The predicted octanol–water partition coefficient (Wildman–Crippen LogP) is 1.33. The molecule has 1 atom stereocenters. The second-order valence-corrected chi connectivity index (χ2v) is 4.34. The summed E-state index contributed by atoms with van der Waals surface area (Å²) in [5.74, 6) is -0.0389. The molecular formula is C12H16N4O3. The fourth-order valence-corrected chi connectivity index (χ4v) is 2.12. The standard InChI is InChI=1S/C12H16N4O3/c1-2-13-9-4-3-5-10(12(9)16(18)19)15-8-6-11(17)14-7-8/h3-5,8,13,15H,2,6-7H2,1H3,(H,14,17). The van der Waals surface area contributed by atoms with Crippen LogP contribution >= 0.6 is 0 Å². The fourth-order valence-electron chi connectivity index (χ4n) is 2.12. The zero-order chi connectivity index (χ0) is 13.8. The first-order valence-corrected chi connectivity index (χ1v) is 6.16. The lowest BCUT2D eigenvalue weighted by atomic mass is 10.2. The van der Waals surface area contributed by atoms with Crippen molar-refractivity contribution in [2.75, 3.05) is 23.7 Å². The summed E-state index contributed by atoms with van der Waals surface area (Å²) in [4.78, 5) is 21.9. The number of nitro benzene ring substituents is 1. The Morgan fingerprint density at radius 2 is 2.21 bits per heavy atom. The van der Waals surface area contributed by atoms with Crippen LogP contribution in [-0.2, 0) is 4.79 Å². The lowest BCUT2D eigenvalue weighted by Crippen LogP contribution is -2.23. The van der Waals surface area contributed by atoms with E-state index in [0.717, 1.165) is 0 Å². The molecule has 0 spiro atoms. The van der Waals surface area contributed by atoms with Crippen LogP contribution in [-0.4, -0.2) is 30.0 Å². The van der Waals surface area contributed by atoms with E-state index >= 15 is 0 Å². The predicted molar refractivity (Wildman–Crippen MR) is 72.3 cm³/mol. The Labute approximate surface area is 110 Å². The lowest BCUT2D eigenvalue weighted by Gasteiger charge is -2.14. The van der Waals surface area contributed by atoms with Crippen LogP contribution < -0.4 is 16.0 Å². The third kappa shape index (κ3) is 2.93. The molecule has 1 saturated heterocycles. The molecule has 1 aromatic carbocycles. The van der Waals surface area contributed by atoms with Gasteiger partial charge in [-0.15, -0.1) is 0 Å². The Bertz CT molecular complexity index is 504. The van der Waals surface area contributed by atoms with Crippen LogP contribution in [0.5, 0.6) is 0 Å². The van der Waals surface area contributed by atoms with Gasteiger partial charge in [0.15, 0.2) is 0 Å². The molecule has 1 aliphatic rings. The SMILES string of the molecule is CCNc1cccc(NC2CNC(=O)C2)c1[N+](=O)[O-]. The number of nitro groups is 1. The second-order valence-electron chi connectivity index (χ2n) is 4.34. The van der Waals surface area contributed by atoms with Gasteiger partial charge in [0.25, 0.3) is 0 Å². The van der Waals surface area contributed by atoms with Gasteiger partial charge in [-0.25, -0.2) is 0 Å². The van der Waals surface area contributed by atoms with Crippen LogP contribution in [0.2, 0.25) is 0 Å². The van der Waals surface area contributed by atoms with E-state index in [1.54, 1.807) is 18.2 Å². The molecule has 3 N–H and O–H groups in total. The number of anilines is 2. The smallest absolute Gasteiger partial charge is 0.315 e. The van der Waals surface area contributed by atoms with E-state index in [4.69, 9.17) is 0 Å². The van der Waals surface area contributed by atoms with E-state index in [-0.39, 0.29) is 17.6 Å². The van der Waals surface area contributed by atoms with Crippen molar-refractivity contribution in [3.63, 3.8) is 0 Å². The highest BCUT2D eigenvalue weighted by molar-refractivity contribution is 5.81. The summed E-state index contributed by atoms with van der Waals surface area (Å²) in [6.45, 7) is 2.97. The number of rotatable bonds is 5. The highest BCUT2D eigenvalue weighted by atomic mass is 16.6. The average Bonchev–Trinajstić information content (AvgIpc) is 2.75. The molecule has 1 amide bonds. The number of carbonyl (C=O) groups is 1. The minimum Gasteiger partial charge on any atom is -0.380 e. The molecule has 0 saturated carbocycles. The summed E-state index contributed by atoms with van der Waals surface area (Å²) in [7, 11) is 0. The number of hydrogen-bond donors (Lipinski definition) is 3. The van der Waals surface area contributed by atoms with E-state index in [9.17, 15) is 14.9 Å². The lowest BCUT2D eigenvalue weighted by molar-refractivity contribution is -0.383. The molecule has 1 aliphatic heterocycles. The maximum atomic E-state index is 11.2. The summed E-state index contributed by atoms with van der Waals surface area (Å²) in [6, 6.07) is 4.97. The Morgan fingerprint density at radius 3 is 2.79 bits per heavy atom. The summed E-state index contributed by atoms with van der Waals surface area (Å²) in [5, 5.41) is 19.9. The number of nitrogens with one attached hydrogen (secondary N) is 3. The van der Waals surface area contributed by atoms with E-state index < -0.39 is 4.92 Å². The highest BCUT2D eigenvalue weighted by Gasteiger charge is 2.25. The number of benzene rings is 1. The van der Waals surface area contributed by atoms with Crippen molar-refractivity contribution >= 4 is 23.0 Å². The summed E-state index contributed by atoms with van der Waals surface area (Å²) in [6.07, 6.45) is 0.336. The number of nitrogens with zero attached hydrogens (tertiary/aromatic N) is 1. The minimum atomic E-state index is -0.412. The van der Waals surface area contributed by atoms with Gasteiger partial charge in [-0.05, 0) is 19.1 Å². The van der Waals surface area contributed by atoms with Gasteiger partial charge in [0, 0.05) is 19.5 Å². The highest BCUT2D eigenvalue weighted by Crippen LogP contribution is 2.33. The Morgan fingerprint density at radius 1 is 1.47 bits per heavy atom. The maximum Gasteiger partial charge on any atom is 0.315 e. The molecule has 2 rings (SSSR count). The quantitative estimate of drug-likeness (QED) is 0.550. The molecule has 0 bridgehead atoms. The molecule has 19 heavy (non-hydrogen) atoms. The zero-order valence-corrected chi connectivity index (χ0v) is 10.6. The van der Waals surface area contributed by atoms with E-state index in [2.05, 4.69) is 16.0 Å². The first kappa shape index (κ1) is 13.1. The normalized spacial score (nSPS) is 17.9. The number of carbonyl (C=O) groups excluding carboxylic acids is 1. The third-order valence-electron chi connectivity index (χ3n) is 2.92. The molecular weight excluding hydrogens is 248 g/mol. The van der Waals surface area contributed by atoms with E-state index in [1.165, 1.54) is 0 Å².